The maximum atomic E-state index is 12.9. The Balaban J connectivity index is 1.39. The Hall–Kier alpha value is -2.32. The number of hydrogen-bond donors (Lipinski definition) is 1. The highest BCUT2D eigenvalue weighted by Crippen LogP contribution is 2.43. The zero-order valence-electron chi connectivity index (χ0n) is 16.9. The molecule has 0 bridgehead atoms. The quantitative estimate of drug-likeness (QED) is 0.655. The van der Waals surface area contributed by atoms with Gasteiger partial charge in [0.25, 0.3) is 11.8 Å². The van der Waals surface area contributed by atoms with Crippen LogP contribution in [-0.2, 0) is 22.4 Å². The molecule has 2 amide bonds. The highest BCUT2D eigenvalue weighted by molar-refractivity contribution is 8.00. The number of fused-ring (bicyclic) bond motifs is 1. The summed E-state index contributed by atoms with van der Waals surface area (Å²) < 4.78 is 5.42. The van der Waals surface area contributed by atoms with E-state index in [-0.39, 0.29) is 17.2 Å². The van der Waals surface area contributed by atoms with Gasteiger partial charge in [-0.1, -0.05) is 35.8 Å². The average Bonchev–Trinajstić information content (AvgIpc) is 3.20. The molecule has 0 spiro atoms. The zero-order valence-corrected chi connectivity index (χ0v) is 18.4. The Bertz CT molecular complexity index is 988. The van der Waals surface area contributed by atoms with Crippen LogP contribution in [0.4, 0.5) is 0 Å². The number of aryl methyl sites for hydroxylation is 2. The summed E-state index contributed by atoms with van der Waals surface area (Å²) in [5.41, 5.74) is 2.73. The number of amides is 2. The van der Waals surface area contributed by atoms with E-state index in [1.165, 1.54) is 0 Å². The van der Waals surface area contributed by atoms with Crippen molar-refractivity contribution in [2.45, 2.75) is 50.9 Å². The monoisotopic (exact) mass is 446 g/mol. The number of rotatable bonds is 7. The second kappa shape index (κ2) is 8.81. The van der Waals surface area contributed by atoms with Gasteiger partial charge in [0.2, 0.25) is 5.91 Å². The molecule has 3 heterocycles. The molecule has 1 fully saturated rings. The number of halogens is 1. The van der Waals surface area contributed by atoms with E-state index in [0.29, 0.717) is 35.3 Å². The molecule has 2 aromatic rings. The Morgan fingerprint density at radius 3 is 2.83 bits per heavy atom. The van der Waals surface area contributed by atoms with Crippen molar-refractivity contribution in [1.82, 2.24) is 20.4 Å². The first-order chi connectivity index (χ1) is 14.5. The maximum absolute atomic E-state index is 12.9. The van der Waals surface area contributed by atoms with Gasteiger partial charge >= 0.3 is 0 Å². The largest absolute Gasteiger partial charge is 0.342 e. The van der Waals surface area contributed by atoms with Crippen molar-refractivity contribution >= 4 is 40.9 Å². The first kappa shape index (κ1) is 20.9. The average molecular weight is 447 g/mol. The van der Waals surface area contributed by atoms with Crippen molar-refractivity contribution < 1.29 is 14.1 Å². The van der Waals surface area contributed by atoms with E-state index in [1.807, 2.05) is 26.0 Å². The van der Waals surface area contributed by atoms with Gasteiger partial charge in [-0.05, 0) is 43.0 Å². The van der Waals surface area contributed by atoms with Crippen LogP contribution in [-0.4, -0.2) is 44.0 Å². The molecule has 0 aliphatic carbocycles. The van der Waals surface area contributed by atoms with Gasteiger partial charge in [0.1, 0.15) is 17.1 Å². The molecule has 1 aromatic carbocycles. The topological polar surface area (TPSA) is 88.3 Å². The van der Waals surface area contributed by atoms with Gasteiger partial charge in [-0.2, -0.15) is 4.98 Å². The van der Waals surface area contributed by atoms with Crippen LogP contribution in [0.1, 0.15) is 44.0 Å². The van der Waals surface area contributed by atoms with Gasteiger partial charge in [-0.3, -0.25) is 14.5 Å². The van der Waals surface area contributed by atoms with Crippen LogP contribution >= 0.6 is 23.4 Å². The van der Waals surface area contributed by atoms with Crippen LogP contribution < -0.4 is 5.32 Å². The minimum absolute atomic E-state index is 0.139. The molecule has 1 aromatic heterocycles. The third-order valence-electron chi connectivity index (χ3n) is 5.17. The molecule has 0 unspecified atom stereocenters. The van der Waals surface area contributed by atoms with Gasteiger partial charge < -0.3 is 9.84 Å². The predicted octanol–water partition coefficient (Wildman–Crippen LogP) is 3.44. The number of carbonyl (C=O) groups is 2. The number of benzene rings is 1. The van der Waals surface area contributed by atoms with Crippen molar-refractivity contribution in [2.24, 2.45) is 0 Å². The predicted molar refractivity (Wildman–Crippen MR) is 116 cm³/mol. The van der Waals surface area contributed by atoms with E-state index in [4.69, 9.17) is 16.1 Å². The van der Waals surface area contributed by atoms with Crippen molar-refractivity contribution in [3.8, 4) is 0 Å². The highest BCUT2D eigenvalue weighted by Gasteiger charge is 2.53. The van der Waals surface area contributed by atoms with E-state index < -0.39 is 6.04 Å². The summed E-state index contributed by atoms with van der Waals surface area (Å²) in [6.07, 6.45) is 2.56. The lowest BCUT2D eigenvalue weighted by molar-refractivity contribution is -0.144. The Kier molecular flexibility index (Phi) is 6.15. The fourth-order valence-electron chi connectivity index (χ4n) is 3.61. The molecule has 0 saturated carbocycles. The minimum atomic E-state index is -0.533. The Morgan fingerprint density at radius 2 is 2.10 bits per heavy atom. The third kappa shape index (κ3) is 4.11. The van der Waals surface area contributed by atoms with Gasteiger partial charge in [-0.25, -0.2) is 0 Å². The molecule has 9 heteroatoms. The Labute approximate surface area is 184 Å². The number of nitrogens with zero attached hydrogens (tertiary/aromatic N) is 3. The molecule has 2 aliphatic rings. The normalized spacial score (nSPS) is 20.8. The molecule has 30 heavy (non-hydrogen) atoms. The van der Waals surface area contributed by atoms with Gasteiger partial charge in [0, 0.05) is 23.6 Å². The summed E-state index contributed by atoms with van der Waals surface area (Å²) in [5, 5.41) is 7.41. The molecule has 1 N–H and O–H groups in total. The second-order valence-electron chi connectivity index (χ2n) is 7.48. The van der Waals surface area contributed by atoms with Crippen molar-refractivity contribution in [2.75, 3.05) is 5.75 Å². The van der Waals surface area contributed by atoms with Crippen molar-refractivity contribution in [3.05, 3.63) is 52.1 Å². The molecule has 4 rings (SSSR count). The third-order valence-corrected chi connectivity index (χ3v) is 6.85. The minimum Gasteiger partial charge on any atom is -0.342 e. The highest BCUT2D eigenvalue weighted by atomic mass is 35.5. The van der Waals surface area contributed by atoms with Crippen LogP contribution in [0.2, 0.25) is 5.02 Å². The summed E-state index contributed by atoms with van der Waals surface area (Å²) in [6.45, 7) is 4.01. The van der Waals surface area contributed by atoms with E-state index in [0.717, 1.165) is 29.7 Å². The summed E-state index contributed by atoms with van der Waals surface area (Å²) in [6, 6.07) is 6.88. The summed E-state index contributed by atoms with van der Waals surface area (Å²) in [4.78, 5) is 31.4. The van der Waals surface area contributed by atoms with Crippen molar-refractivity contribution in [1.29, 1.82) is 0 Å². The van der Waals surface area contributed by atoms with Crippen LogP contribution in [0.25, 0.3) is 5.70 Å². The molecule has 2 atom stereocenters. The number of hydrogen-bond acceptors (Lipinski definition) is 6. The summed E-state index contributed by atoms with van der Waals surface area (Å²) in [5.74, 6) is 1.48. The van der Waals surface area contributed by atoms with Gasteiger partial charge in [0.15, 0.2) is 5.82 Å². The smallest absolute Gasteiger partial charge is 0.274 e. The van der Waals surface area contributed by atoms with Crippen LogP contribution in [0.15, 0.2) is 34.4 Å². The zero-order chi connectivity index (χ0) is 21.3. The fraction of sp³-hybridized carbons (Fsp3) is 0.429. The lowest BCUT2D eigenvalue weighted by atomic mass is 10.0. The molecule has 1 saturated heterocycles. The molecular formula is C21H23ClN4O3S. The van der Waals surface area contributed by atoms with Crippen LogP contribution in [0, 0.1) is 0 Å². The van der Waals surface area contributed by atoms with Crippen LogP contribution in [0.3, 0.4) is 0 Å². The van der Waals surface area contributed by atoms with Gasteiger partial charge in [-0.15, -0.1) is 11.8 Å². The number of nitrogens with one attached hydrogen (secondary N) is 1. The molecule has 0 radical (unpaired) electrons. The van der Waals surface area contributed by atoms with Crippen LogP contribution in [0.5, 0.6) is 0 Å². The van der Waals surface area contributed by atoms with E-state index >= 15 is 0 Å². The Morgan fingerprint density at radius 1 is 1.33 bits per heavy atom. The SMILES string of the molecule is CCCc1noc(C2=C(C)CS[C@@H]3[C@H](NC(=O)CCc4ccc(Cl)cc4)C(=O)N23)n1. The number of thioether (sulfide) groups is 1. The molecule has 158 valence electrons. The first-order valence-corrected chi connectivity index (χ1v) is 11.4. The maximum Gasteiger partial charge on any atom is 0.274 e. The van der Waals surface area contributed by atoms with E-state index in [1.54, 1.807) is 28.8 Å². The molecule has 7 nitrogen and oxygen atoms in total. The number of β-lactam (4-membered cyclic amide) rings is 1. The van der Waals surface area contributed by atoms with Crippen molar-refractivity contribution in [3.63, 3.8) is 0 Å². The second-order valence-corrected chi connectivity index (χ2v) is 9.02. The lowest BCUT2D eigenvalue weighted by Crippen LogP contribution is -2.69. The number of carbonyl (C=O) groups excluding carboxylic acids is 2. The van der Waals surface area contributed by atoms with Gasteiger partial charge in [0.05, 0.1) is 0 Å². The van der Waals surface area contributed by atoms with E-state index in [9.17, 15) is 9.59 Å². The lowest BCUT2D eigenvalue weighted by Gasteiger charge is -2.49. The standard InChI is InChI=1S/C21H23ClN4O3S/c1-3-4-15-23-19(29-25-15)18-12(2)11-30-21-17(20(28)26(18)21)24-16(27)10-7-13-5-8-14(22)9-6-13/h5-6,8-9,17,21H,3-4,7,10-11H2,1-2H3,(H,24,27)/t17-,21-/m1/s1. The first-order valence-electron chi connectivity index (χ1n) is 9.99. The summed E-state index contributed by atoms with van der Waals surface area (Å²) >= 11 is 7.53. The molecular weight excluding hydrogens is 424 g/mol. The molecule has 2 aliphatic heterocycles. The van der Waals surface area contributed by atoms with E-state index in [2.05, 4.69) is 15.5 Å². The number of aromatic nitrogens is 2. The summed E-state index contributed by atoms with van der Waals surface area (Å²) in [7, 11) is 0. The fourth-order valence-corrected chi connectivity index (χ4v) is 5.02.